The van der Waals surface area contributed by atoms with Crippen LogP contribution in [0.25, 0.3) is 0 Å². The predicted molar refractivity (Wildman–Crippen MR) is 226 cm³/mol. The molecule has 57 heavy (non-hydrogen) atoms. The van der Waals surface area contributed by atoms with Gasteiger partial charge in [0, 0.05) is 12.8 Å². The van der Waals surface area contributed by atoms with Crippen LogP contribution in [0.2, 0.25) is 0 Å². The van der Waals surface area contributed by atoms with E-state index >= 15 is 0 Å². The first-order valence-corrected chi connectivity index (χ1v) is 23.3. The van der Waals surface area contributed by atoms with Crippen LogP contribution in [0, 0.1) is 0 Å². The summed E-state index contributed by atoms with van der Waals surface area (Å²) in [5.74, 6) is -1.21. The van der Waals surface area contributed by atoms with Gasteiger partial charge in [-0.3, -0.25) is 18.6 Å². The molecule has 12 nitrogen and oxygen atoms in total. The van der Waals surface area contributed by atoms with E-state index in [4.69, 9.17) is 19.1 Å². The molecule has 13 heteroatoms. The third-order valence-corrected chi connectivity index (χ3v) is 10.1. The van der Waals surface area contributed by atoms with Crippen molar-refractivity contribution >= 4 is 19.8 Å². The third-order valence-electron chi connectivity index (χ3n) is 9.20. The van der Waals surface area contributed by atoms with E-state index in [9.17, 15) is 34.4 Å². The number of aliphatic hydroxyl groups is 4. The molecule has 0 fully saturated rings. The van der Waals surface area contributed by atoms with Gasteiger partial charge in [-0.05, 0) is 51.4 Å². The van der Waals surface area contributed by atoms with Crippen molar-refractivity contribution in [1.29, 1.82) is 0 Å². The molecule has 0 spiro atoms. The maximum absolute atomic E-state index is 12.6. The molecule has 0 amide bonds. The number of phosphoric ester groups is 1. The van der Waals surface area contributed by atoms with Gasteiger partial charge in [0.2, 0.25) is 0 Å². The van der Waals surface area contributed by atoms with Crippen LogP contribution in [0.1, 0.15) is 168 Å². The quantitative estimate of drug-likeness (QED) is 0.0171. The Kier molecular flexibility index (Phi) is 37.8. The highest BCUT2D eigenvalue weighted by Crippen LogP contribution is 2.43. The lowest BCUT2D eigenvalue weighted by Gasteiger charge is -2.20. The molecule has 0 aromatic heterocycles. The second-order valence-electron chi connectivity index (χ2n) is 14.7. The monoisotopic (exact) mass is 831 g/mol. The van der Waals surface area contributed by atoms with Gasteiger partial charge in [0.15, 0.2) is 6.10 Å². The molecule has 0 rings (SSSR count). The van der Waals surface area contributed by atoms with Crippen molar-refractivity contribution < 1.29 is 58.0 Å². The number of carbonyl (C=O) groups is 2. The Morgan fingerprint density at radius 3 is 1.58 bits per heavy atom. The van der Waals surface area contributed by atoms with E-state index in [1.807, 2.05) is 12.2 Å². The van der Waals surface area contributed by atoms with E-state index in [1.54, 1.807) is 6.08 Å². The molecule has 0 aliphatic heterocycles. The van der Waals surface area contributed by atoms with Crippen LogP contribution in [0.4, 0.5) is 0 Å². The number of allylic oxidation sites excluding steroid dienone is 7. The molecule has 0 saturated heterocycles. The molecule has 332 valence electrons. The number of hydrogen-bond acceptors (Lipinski definition) is 11. The van der Waals surface area contributed by atoms with E-state index in [-0.39, 0.29) is 32.1 Å². The third kappa shape index (κ3) is 37.8. The van der Waals surface area contributed by atoms with Gasteiger partial charge in [0.1, 0.15) is 12.7 Å². The van der Waals surface area contributed by atoms with Crippen molar-refractivity contribution in [1.82, 2.24) is 0 Å². The van der Waals surface area contributed by atoms with Crippen molar-refractivity contribution in [2.75, 3.05) is 26.4 Å². The largest absolute Gasteiger partial charge is 0.472 e. The molecule has 0 saturated carbocycles. The summed E-state index contributed by atoms with van der Waals surface area (Å²) in [6.45, 7) is 1.93. The van der Waals surface area contributed by atoms with Gasteiger partial charge in [0.25, 0.3) is 0 Å². The Bertz CT molecular complexity index is 1120. The maximum atomic E-state index is 12.6. The summed E-state index contributed by atoms with van der Waals surface area (Å²) in [4.78, 5) is 35.0. The standard InChI is InChI=1S/C44H79O12P/c1-3-5-7-9-11-13-15-17-18-19-21-23-25-27-29-33-43(49)53-37-40(38-55-57(51,52)54-36-39(46)35-45)56-44(50)34-30-32-42(48)41(47)31-28-26-24-22-20-16-14-12-10-8-6-4-2/h6,8,12,14,20,22,26,28,39-42,45-48H,3-5,7,9-11,13,15-19,21,23-25,27,29-38H2,1-2H3,(H,51,52)/b8-6-,14-12-,22-20-,28-26-/t39-,40+,41+,42+/m0/s1. The summed E-state index contributed by atoms with van der Waals surface area (Å²) in [6.07, 6.45) is 33.9. The van der Waals surface area contributed by atoms with Crippen LogP contribution < -0.4 is 0 Å². The summed E-state index contributed by atoms with van der Waals surface area (Å²) >= 11 is 0. The lowest BCUT2D eigenvalue weighted by atomic mass is 10.0. The Balaban J connectivity index is 4.54. The average molecular weight is 831 g/mol. The van der Waals surface area contributed by atoms with E-state index < -0.39 is 70.6 Å². The van der Waals surface area contributed by atoms with Crippen LogP contribution in [0.15, 0.2) is 48.6 Å². The van der Waals surface area contributed by atoms with Gasteiger partial charge in [0.05, 0.1) is 32.0 Å². The maximum Gasteiger partial charge on any atom is 0.472 e. The van der Waals surface area contributed by atoms with Gasteiger partial charge >= 0.3 is 19.8 Å². The number of unbranched alkanes of at least 4 members (excludes halogenated alkanes) is 14. The zero-order chi connectivity index (χ0) is 42.2. The molecule has 0 bridgehead atoms. The van der Waals surface area contributed by atoms with E-state index in [1.165, 1.54) is 70.6 Å². The number of esters is 2. The highest BCUT2D eigenvalue weighted by molar-refractivity contribution is 7.47. The van der Waals surface area contributed by atoms with Gasteiger partial charge in [-0.15, -0.1) is 0 Å². The van der Waals surface area contributed by atoms with Crippen molar-refractivity contribution in [2.45, 2.75) is 192 Å². The minimum atomic E-state index is -4.70. The summed E-state index contributed by atoms with van der Waals surface area (Å²) in [5.41, 5.74) is 0. The minimum absolute atomic E-state index is 0.131. The van der Waals surface area contributed by atoms with E-state index in [0.29, 0.717) is 12.8 Å². The Morgan fingerprint density at radius 1 is 0.579 bits per heavy atom. The SMILES string of the molecule is CC/C=C\C/C=C\C/C=C\C/C=C\C[C@@H](O)[C@H](O)CCCC(=O)O[C@H](COC(=O)CCCCCCCCCCCCCCCCC)COP(=O)(O)OC[C@@H](O)CO. The van der Waals surface area contributed by atoms with Crippen LogP contribution in [-0.2, 0) is 32.7 Å². The van der Waals surface area contributed by atoms with Crippen molar-refractivity contribution in [3.63, 3.8) is 0 Å². The van der Waals surface area contributed by atoms with Crippen molar-refractivity contribution in [2.24, 2.45) is 0 Å². The highest BCUT2D eigenvalue weighted by atomic mass is 31.2. The number of ether oxygens (including phenoxy) is 2. The fourth-order valence-electron chi connectivity index (χ4n) is 5.73. The topological polar surface area (TPSA) is 189 Å². The molecular weight excluding hydrogens is 751 g/mol. The molecule has 0 radical (unpaired) electrons. The van der Waals surface area contributed by atoms with Crippen LogP contribution in [-0.4, -0.2) is 88.1 Å². The summed E-state index contributed by atoms with van der Waals surface area (Å²) in [5, 5.41) is 39.0. The van der Waals surface area contributed by atoms with Crippen LogP contribution >= 0.6 is 7.82 Å². The molecule has 5 atom stereocenters. The normalized spacial score (nSPS) is 15.4. The molecule has 1 unspecified atom stereocenters. The molecular formula is C44H79O12P. The average Bonchev–Trinajstić information content (AvgIpc) is 3.19. The fraction of sp³-hybridized carbons (Fsp3) is 0.773. The van der Waals surface area contributed by atoms with E-state index in [2.05, 4.69) is 48.8 Å². The first-order valence-electron chi connectivity index (χ1n) is 21.8. The first-order chi connectivity index (χ1) is 27.5. The second-order valence-corrected chi connectivity index (χ2v) is 16.1. The van der Waals surface area contributed by atoms with E-state index in [0.717, 1.165) is 38.5 Å². The molecule has 5 N–H and O–H groups in total. The number of phosphoric acid groups is 1. The smallest absolute Gasteiger partial charge is 0.462 e. The molecule has 0 aliphatic carbocycles. The Morgan fingerprint density at radius 2 is 1.05 bits per heavy atom. The number of rotatable bonds is 40. The Labute approximate surface area is 344 Å². The molecule has 0 heterocycles. The fourth-order valence-corrected chi connectivity index (χ4v) is 6.52. The minimum Gasteiger partial charge on any atom is -0.462 e. The summed E-state index contributed by atoms with van der Waals surface area (Å²) in [6, 6.07) is 0. The number of carbonyl (C=O) groups excluding carboxylic acids is 2. The van der Waals surface area contributed by atoms with Gasteiger partial charge < -0.3 is 34.8 Å². The van der Waals surface area contributed by atoms with Crippen LogP contribution in [0.5, 0.6) is 0 Å². The second kappa shape index (κ2) is 39.3. The predicted octanol–water partition coefficient (Wildman–Crippen LogP) is 9.28. The van der Waals surface area contributed by atoms with Gasteiger partial charge in [-0.1, -0.05) is 152 Å². The lowest BCUT2D eigenvalue weighted by Crippen LogP contribution is -2.30. The number of hydrogen-bond donors (Lipinski definition) is 5. The molecule has 0 aliphatic rings. The molecule has 0 aromatic rings. The summed E-state index contributed by atoms with van der Waals surface area (Å²) in [7, 11) is -4.70. The molecule has 0 aromatic carbocycles. The van der Waals surface area contributed by atoms with Gasteiger partial charge in [-0.25, -0.2) is 4.57 Å². The van der Waals surface area contributed by atoms with Crippen LogP contribution in [0.3, 0.4) is 0 Å². The number of aliphatic hydroxyl groups excluding tert-OH is 4. The Hall–Kier alpha value is -2.15. The lowest BCUT2D eigenvalue weighted by molar-refractivity contribution is -0.161. The first kappa shape index (κ1) is 54.9. The van der Waals surface area contributed by atoms with Gasteiger partial charge in [-0.2, -0.15) is 0 Å². The zero-order valence-electron chi connectivity index (χ0n) is 35.3. The zero-order valence-corrected chi connectivity index (χ0v) is 36.2. The van der Waals surface area contributed by atoms with Crippen molar-refractivity contribution in [3.05, 3.63) is 48.6 Å². The summed E-state index contributed by atoms with van der Waals surface area (Å²) < 4.78 is 32.5. The van der Waals surface area contributed by atoms with Crippen molar-refractivity contribution in [3.8, 4) is 0 Å². The highest BCUT2D eigenvalue weighted by Gasteiger charge is 2.27.